The lowest BCUT2D eigenvalue weighted by Gasteiger charge is -2.26. The highest BCUT2D eigenvalue weighted by atomic mass is 16.4. The van der Waals surface area contributed by atoms with E-state index in [0.717, 1.165) is 12.0 Å². The number of benzene rings is 1. The van der Waals surface area contributed by atoms with Crippen molar-refractivity contribution in [1.29, 1.82) is 0 Å². The van der Waals surface area contributed by atoms with E-state index in [1.165, 1.54) is 4.90 Å². The summed E-state index contributed by atoms with van der Waals surface area (Å²) >= 11 is 0. The van der Waals surface area contributed by atoms with Crippen molar-refractivity contribution in [2.75, 3.05) is 32.1 Å². The Kier molecular flexibility index (Phi) is 5.55. The van der Waals surface area contributed by atoms with Gasteiger partial charge in [0.05, 0.1) is 17.8 Å². The van der Waals surface area contributed by atoms with Gasteiger partial charge in [0.2, 0.25) is 5.91 Å². The Labute approximate surface area is 119 Å². The largest absolute Gasteiger partial charge is 0.478 e. The fourth-order valence-corrected chi connectivity index (χ4v) is 1.96. The standard InChI is InChI=1S/C15H22N2O3/c1-5-8-17(10-14(18)16(3)4)13-7-6-11(2)9-12(13)15(19)20/h6-7,9H,5,8,10H2,1-4H3,(H,19,20). The van der Waals surface area contributed by atoms with E-state index in [-0.39, 0.29) is 18.0 Å². The fourth-order valence-electron chi connectivity index (χ4n) is 1.96. The van der Waals surface area contributed by atoms with Gasteiger partial charge >= 0.3 is 5.97 Å². The first kappa shape index (κ1) is 16.0. The Bertz CT molecular complexity index is 498. The number of aryl methyl sites for hydroxylation is 1. The average molecular weight is 278 g/mol. The van der Waals surface area contributed by atoms with Crippen LogP contribution in [0.25, 0.3) is 0 Å². The monoisotopic (exact) mass is 278 g/mol. The highest BCUT2D eigenvalue weighted by molar-refractivity contribution is 5.95. The van der Waals surface area contributed by atoms with Crippen molar-refractivity contribution in [3.05, 3.63) is 29.3 Å². The number of anilines is 1. The molecule has 0 unspecified atom stereocenters. The molecule has 0 heterocycles. The number of carbonyl (C=O) groups is 2. The molecule has 110 valence electrons. The molecule has 5 heteroatoms. The van der Waals surface area contributed by atoms with Crippen molar-refractivity contribution < 1.29 is 14.7 Å². The number of hydrogen-bond acceptors (Lipinski definition) is 3. The van der Waals surface area contributed by atoms with Crippen molar-refractivity contribution >= 4 is 17.6 Å². The van der Waals surface area contributed by atoms with Gasteiger partial charge in [-0.2, -0.15) is 0 Å². The van der Waals surface area contributed by atoms with Gasteiger partial charge in [0, 0.05) is 20.6 Å². The van der Waals surface area contributed by atoms with E-state index < -0.39 is 5.97 Å². The molecule has 1 rings (SSSR count). The molecule has 1 aromatic carbocycles. The molecule has 0 aliphatic carbocycles. The van der Waals surface area contributed by atoms with Gasteiger partial charge < -0.3 is 14.9 Å². The minimum Gasteiger partial charge on any atom is -0.478 e. The third-order valence-electron chi connectivity index (χ3n) is 3.04. The first-order valence-electron chi connectivity index (χ1n) is 6.65. The third-order valence-corrected chi connectivity index (χ3v) is 3.04. The molecule has 0 aliphatic heterocycles. The molecule has 0 bridgehead atoms. The van der Waals surface area contributed by atoms with Crippen LogP contribution in [-0.4, -0.2) is 49.1 Å². The number of aromatic carboxylic acids is 1. The fraction of sp³-hybridized carbons (Fsp3) is 0.467. The minimum absolute atomic E-state index is 0.0460. The zero-order valence-corrected chi connectivity index (χ0v) is 12.5. The van der Waals surface area contributed by atoms with Gasteiger partial charge in [-0.25, -0.2) is 4.79 Å². The second-order valence-corrected chi connectivity index (χ2v) is 5.04. The normalized spacial score (nSPS) is 10.2. The molecule has 0 saturated heterocycles. The van der Waals surface area contributed by atoms with Crippen LogP contribution in [0.3, 0.4) is 0 Å². The molecule has 0 fully saturated rings. The molecule has 0 radical (unpaired) electrons. The van der Waals surface area contributed by atoms with Gasteiger partial charge in [0.15, 0.2) is 0 Å². The van der Waals surface area contributed by atoms with Gasteiger partial charge in [0.25, 0.3) is 0 Å². The first-order valence-corrected chi connectivity index (χ1v) is 6.65. The Hall–Kier alpha value is -2.04. The van der Waals surface area contributed by atoms with Crippen LogP contribution in [0.5, 0.6) is 0 Å². The molecular weight excluding hydrogens is 256 g/mol. The Morgan fingerprint density at radius 1 is 1.25 bits per heavy atom. The molecule has 1 aromatic rings. The highest BCUT2D eigenvalue weighted by Gasteiger charge is 2.18. The molecule has 0 spiro atoms. The van der Waals surface area contributed by atoms with Crippen molar-refractivity contribution in [2.45, 2.75) is 20.3 Å². The van der Waals surface area contributed by atoms with Gasteiger partial charge in [-0.1, -0.05) is 18.6 Å². The number of carboxylic acids is 1. The summed E-state index contributed by atoms with van der Waals surface area (Å²) in [6, 6.07) is 5.28. The summed E-state index contributed by atoms with van der Waals surface area (Å²) in [7, 11) is 3.39. The number of likely N-dealkylation sites (N-methyl/N-ethyl adjacent to an activating group) is 1. The Morgan fingerprint density at radius 2 is 1.90 bits per heavy atom. The van der Waals surface area contributed by atoms with Gasteiger partial charge in [-0.15, -0.1) is 0 Å². The van der Waals surface area contributed by atoms with Crippen LogP contribution in [0.15, 0.2) is 18.2 Å². The van der Waals surface area contributed by atoms with Crippen LogP contribution in [-0.2, 0) is 4.79 Å². The lowest BCUT2D eigenvalue weighted by atomic mass is 10.1. The molecule has 1 N–H and O–H groups in total. The van der Waals surface area contributed by atoms with E-state index in [1.54, 1.807) is 26.2 Å². The maximum Gasteiger partial charge on any atom is 0.337 e. The van der Waals surface area contributed by atoms with Crippen LogP contribution in [0.1, 0.15) is 29.3 Å². The lowest BCUT2D eigenvalue weighted by molar-refractivity contribution is -0.127. The maximum atomic E-state index is 11.9. The summed E-state index contributed by atoms with van der Waals surface area (Å²) in [4.78, 5) is 26.6. The molecule has 5 nitrogen and oxygen atoms in total. The number of nitrogens with zero attached hydrogens (tertiary/aromatic N) is 2. The van der Waals surface area contributed by atoms with E-state index in [2.05, 4.69) is 0 Å². The van der Waals surface area contributed by atoms with E-state index >= 15 is 0 Å². The molecule has 0 saturated carbocycles. The molecule has 0 aliphatic rings. The summed E-state index contributed by atoms with van der Waals surface area (Å²) in [6.07, 6.45) is 0.841. The number of hydrogen-bond donors (Lipinski definition) is 1. The zero-order valence-electron chi connectivity index (χ0n) is 12.5. The SMILES string of the molecule is CCCN(CC(=O)N(C)C)c1ccc(C)cc1C(=O)O. The van der Waals surface area contributed by atoms with E-state index in [0.29, 0.717) is 12.2 Å². The summed E-state index contributed by atoms with van der Waals surface area (Å²) < 4.78 is 0. The van der Waals surface area contributed by atoms with Crippen molar-refractivity contribution in [2.24, 2.45) is 0 Å². The van der Waals surface area contributed by atoms with Gasteiger partial charge in [0.1, 0.15) is 0 Å². The van der Waals surface area contributed by atoms with Crippen LogP contribution in [0, 0.1) is 6.92 Å². The van der Waals surface area contributed by atoms with Gasteiger partial charge in [-0.05, 0) is 25.5 Å². The zero-order chi connectivity index (χ0) is 15.3. The second-order valence-electron chi connectivity index (χ2n) is 5.04. The van der Waals surface area contributed by atoms with Crippen LogP contribution < -0.4 is 4.90 Å². The minimum atomic E-state index is -0.970. The van der Waals surface area contributed by atoms with Crippen LogP contribution >= 0.6 is 0 Å². The number of amides is 1. The van der Waals surface area contributed by atoms with Crippen molar-refractivity contribution in [1.82, 2.24) is 4.90 Å². The Morgan fingerprint density at radius 3 is 2.40 bits per heavy atom. The Balaban J connectivity index is 3.14. The van der Waals surface area contributed by atoms with Crippen LogP contribution in [0.4, 0.5) is 5.69 Å². The second kappa shape index (κ2) is 6.93. The quantitative estimate of drug-likeness (QED) is 0.864. The predicted molar refractivity (Wildman–Crippen MR) is 79.3 cm³/mol. The summed E-state index contributed by atoms with van der Waals surface area (Å²) in [5.41, 5.74) is 1.73. The predicted octanol–water partition coefficient (Wildman–Crippen LogP) is 2.00. The maximum absolute atomic E-state index is 11.9. The van der Waals surface area contributed by atoms with Crippen molar-refractivity contribution in [3.8, 4) is 0 Å². The summed E-state index contributed by atoms with van der Waals surface area (Å²) in [5, 5.41) is 9.33. The number of carbonyl (C=O) groups excluding carboxylic acids is 1. The topological polar surface area (TPSA) is 60.9 Å². The van der Waals surface area contributed by atoms with E-state index in [4.69, 9.17) is 0 Å². The van der Waals surface area contributed by atoms with E-state index in [9.17, 15) is 14.7 Å². The average Bonchev–Trinajstić information content (AvgIpc) is 2.37. The lowest BCUT2D eigenvalue weighted by Crippen LogP contribution is -2.37. The van der Waals surface area contributed by atoms with Crippen LogP contribution in [0.2, 0.25) is 0 Å². The van der Waals surface area contributed by atoms with E-state index in [1.807, 2.05) is 24.8 Å². The molecule has 1 amide bonds. The summed E-state index contributed by atoms with van der Waals surface area (Å²) in [5.74, 6) is -1.02. The molecule has 0 aromatic heterocycles. The molecule has 0 atom stereocenters. The highest BCUT2D eigenvalue weighted by Crippen LogP contribution is 2.22. The smallest absolute Gasteiger partial charge is 0.337 e. The van der Waals surface area contributed by atoms with Crippen molar-refractivity contribution in [3.63, 3.8) is 0 Å². The number of rotatable bonds is 6. The first-order chi connectivity index (χ1) is 9.36. The molecular formula is C15H22N2O3. The summed E-state index contributed by atoms with van der Waals surface area (Å²) in [6.45, 7) is 4.68. The number of carboxylic acid groups (broad SMARTS) is 1. The van der Waals surface area contributed by atoms with Gasteiger partial charge in [-0.3, -0.25) is 4.79 Å². The third kappa shape index (κ3) is 3.98. The molecule has 20 heavy (non-hydrogen) atoms.